The van der Waals surface area contributed by atoms with E-state index in [1.165, 1.54) is 16.7 Å². The van der Waals surface area contributed by atoms with E-state index >= 15 is 0 Å². The molecule has 0 amide bonds. The van der Waals surface area contributed by atoms with Crippen molar-refractivity contribution in [1.29, 1.82) is 0 Å². The van der Waals surface area contributed by atoms with Crippen molar-refractivity contribution in [3.05, 3.63) is 28.7 Å². The Morgan fingerprint density at radius 2 is 1.86 bits per heavy atom. The summed E-state index contributed by atoms with van der Waals surface area (Å²) in [5, 5.41) is 0. The second-order valence-electron chi connectivity index (χ2n) is 4.94. The highest BCUT2D eigenvalue weighted by Gasteiger charge is 2.31. The Kier molecular flexibility index (Phi) is 4.51. The van der Waals surface area contributed by atoms with Crippen molar-refractivity contribution in [2.45, 2.75) is 23.8 Å². The van der Waals surface area contributed by atoms with Gasteiger partial charge in [0.1, 0.15) is 4.90 Å². The number of piperidine rings is 1. The van der Waals surface area contributed by atoms with Gasteiger partial charge in [-0.15, -0.1) is 0 Å². The molecule has 2 N–H and O–H groups in total. The number of aromatic amines is 1. The molecule has 118 valence electrons. The van der Waals surface area contributed by atoms with Crippen molar-refractivity contribution in [3.8, 4) is 0 Å². The fourth-order valence-electron chi connectivity index (χ4n) is 2.26. The van der Waals surface area contributed by atoms with Gasteiger partial charge >= 0.3 is 0 Å². The molecule has 2 heterocycles. The average Bonchev–Trinajstić information content (AvgIpc) is 2.37. The Morgan fingerprint density at radius 3 is 2.38 bits per heavy atom. The number of hydrogen-bond donors (Lipinski definition) is 2. The summed E-state index contributed by atoms with van der Waals surface area (Å²) in [6.07, 6.45) is 4.34. The predicted molar refractivity (Wildman–Crippen MR) is 76.8 cm³/mol. The highest BCUT2D eigenvalue weighted by molar-refractivity contribution is 7.89. The van der Waals surface area contributed by atoms with Crippen molar-refractivity contribution < 1.29 is 16.8 Å². The third kappa shape index (κ3) is 3.90. The second-order valence-corrected chi connectivity index (χ2v) is 8.63. The predicted octanol–water partition coefficient (Wildman–Crippen LogP) is -0.923. The van der Waals surface area contributed by atoms with Gasteiger partial charge in [0.2, 0.25) is 25.5 Å². The standard InChI is InChI=1S/C11H17N3O5S2/c1-20(16,17)13-9-3-6-14(7-4-9)21(18,19)11-8-12-5-2-10(11)15/h2,5,8-9,13H,3-4,6-7H2,1H3,(H,12,15). The van der Waals surface area contributed by atoms with Gasteiger partial charge in [0.05, 0.1) is 6.26 Å². The molecule has 2 rings (SSSR count). The molecule has 0 aliphatic carbocycles. The molecule has 1 saturated heterocycles. The molecule has 0 saturated carbocycles. The summed E-state index contributed by atoms with van der Waals surface area (Å²) < 4.78 is 50.7. The fourth-order valence-corrected chi connectivity index (χ4v) is 4.61. The molecule has 0 aromatic carbocycles. The van der Waals surface area contributed by atoms with Crippen LogP contribution in [-0.4, -0.2) is 51.5 Å². The van der Waals surface area contributed by atoms with Crippen molar-refractivity contribution >= 4 is 20.0 Å². The van der Waals surface area contributed by atoms with E-state index in [0.29, 0.717) is 12.8 Å². The molecule has 0 bridgehead atoms. The molecule has 1 aromatic rings. The van der Waals surface area contributed by atoms with E-state index < -0.39 is 25.5 Å². The molecule has 1 fully saturated rings. The van der Waals surface area contributed by atoms with Crippen LogP contribution in [-0.2, 0) is 20.0 Å². The van der Waals surface area contributed by atoms with E-state index in [2.05, 4.69) is 9.71 Å². The maximum absolute atomic E-state index is 12.4. The highest BCUT2D eigenvalue weighted by Crippen LogP contribution is 2.18. The maximum atomic E-state index is 12.4. The lowest BCUT2D eigenvalue weighted by molar-refractivity contribution is 0.308. The molecule has 0 unspecified atom stereocenters. The third-order valence-electron chi connectivity index (χ3n) is 3.24. The first kappa shape index (κ1) is 16.1. The zero-order chi connectivity index (χ0) is 15.7. The lowest BCUT2D eigenvalue weighted by Crippen LogP contribution is -2.46. The van der Waals surface area contributed by atoms with E-state index in [-0.39, 0.29) is 24.0 Å². The van der Waals surface area contributed by atoms with Crippen LogP contribution in [0.2, 0.25) is 0 Å². The number of pyridine rings is 1. The van der Waals surface area contributed by atoms with Gasteiger partial charge in [0.25, 0.3) is 0 Å². The van der Waals surface area contributed by atoms with Crippen LogP contribution in [0.4, 0.5) is 0 Å². The smallest absolute Gasteiger partial charge is 0.248 e. The SMILES string of the molecule is CS(=O)(=O)NC1CCN(S(=O)(=O)c2c[nH]ccc2=O)CC1. The molecule has 0 spiro atoms. The summed E-state index contributed by atoms with van der Waals surface area (Å²) in [5.41, 5.74) is -0.565. The van der Waals surface area contributed by atoms with Crippen LogP contribution >= 0.6 is 0 Å². The Bertz CT molecular complexity index is 761. The van der Waals surface area contributed by atoms with Crippen LogP contribution in [0.5, 0.6) is 0 Å². The Hall–Kier alpha value is -1.23. The van der Waals surface area contributed by atoms with Crippen LogP contribution < -0.4 is 10.2 Å². The first-order valence-corrected chi connectivity index (χ1v) is 9.68. The average molecular weight is 335 g/mol. The van der Waals surface area contributed by atoms with Gasteiger partial charge in [-0.3, -0.25) is 4.79 Å². The summed E-state index contributed by atoms with van der Waals surface area (Å²) in [5.74, 6) is 0. The van der Waals surface area contributed by atoms with Crippen LogP contribution in [0.3, 0.4) is 0 Å². The minimum atomic E-state index is -3.85. The summed E-state index contributed by atoms with van der Waals surface area (Å²) in [6.45, 7) is 0.341. The molecule has 10 heteroatoms. The lowest BCUT2D eigenvalue weighted by atomic mass is 10.1. The highest BCUT2D eigenvalue weighted by atomic mass is 32.2. The zero-order valence-electron chi connectivity index (χ0n) is 11.4. The summed E-state index contributed by atoms with van der Waals surface area (Å²) in [4.78, 5) is 13.9. The molecule has 21 heavy (non-hydrogen) atoms. The largest absolute Gasteiger partial charge is 0.366 e. The molecule has 1 aliphatic rings. The van der Waals surface area contributed by atoms with Crippen LogP contribution in [0.1, 0.15) is 12.8 Å². The number of H-pyrrole nitrogens is 1. The topological polar surface area (TPSA) is 116 Å². The number of rotatable bonds is 4. The van der Waals surface area contributed by atoms with Gasteiger partial charge in [-0.05, 0) is 12.8 Å². The Morgan fingerprint density at radius 1 is 1.24 bits per heavy atom. The van der Waals surface area contributed by atoms with Gasteiger partial charge in [-0.25, -0.2) is 21.6 Å². The first-order valence-electron chi connectivity index (χ1n) is 6.35. The van der Waals surface area contributed by atoms with Crippen molar-refractivity contribution in [2.24, 2.45) is 0 Å². The van der Waals surface area contributed by atoms with Gasteiger partial charge in [-0.1, -0.05) is 0 Å². The number of sulfonamides is 2. The lowest BCUT2D eigenvalue weighted by Gasteiger charge is -2.30. The fraction of sp³-hybridized carbons (Fsp3) is 0.545. The number of aromatic nitrogens is 1. The minimum Gasteiger partial charge on any atom is -0.366 e. The van der Waals surface area contributed by atoms with Gasteiger partial charge < -0.3 is 4.98 Å². The molecular formula is C11H17N3O5S2. The Labute approximate surface area is 123 Å². The van der Waals surface area contributed by atoms with E-state index in [9.17, 15) is 21.6 Å². The maximum Gasteiger partial charge on any atom is 0.248 e. The monoisotopic (exact) mass is 335 g/mol. The van der Waals surface area contributed by atoms with E-state index in [1.807, 2.05) is 0 Å². The van der Waals surface area contributed by atoms with E-state index in [0.717, 1.165) is 12.3 Å². The van der Waals surface area contributed by atoms with Gasteiger partial charge in [0.15, 0.2) is 0 Å². The molecule has 1 aliphatic heterocycles. The zero-order valence-corrected chi connectivity index (χ0v) is 13.1. The summed E-state index contributed by atoms with van der Waals surface area (Å²) in [6, 6.07) is 0.880. The molecular weight excluding hydrogens is 318 g/mol. The van der Waals surface area contributed by atoms with Gasteiger partial charge in [0, 0.05) is 37.6 Å². The van der Waals surface area contributed by atoms with Crippen LogP contribution in [0.15, 0.2) is 28.2 Å². The Balaban J connectivity index is 2.12. The van der Waals surface area contributed by atoms with E-state index in [4.69, 9.17) is 0 Å². The summed E-state index contributed by atoms with van der Waals surface area (Å²) in [7, 11) is -7.16. The van der Waals surface area contributed by atoms with Gasteiger partial charge in [-0.2, -0.15) is 4.31 Å². The van der Waals surface area contributed by atoms with E-state index in [1.54, 1.807) is 0 Å². The van der Waals surface area contributed by atoms with Crippen molar-refractivity contribution in [2.75, 3.05) is 19.3 Å². The quantitative estimate of drug-likeness (QED) is 0.738. The number of nitrogens with zero attached hydrogens (tertiary/aromatic N) is 1. The van der Waals surface area contributed by atoms with Crippen LogP contribution in [0.25, 0.3) is 0 Å². The number of nitrogens with one attached hydrogen (secondary N) is 2. The number of hydrogen-bond acceptors (Lipinski definition) is 5. The second kappa shape index (κ2) is 5.87. The first-order chi connectivity index (χ1) is 9.70. The minimum absolute atomic E-state index is 0.170. The molecule has 0 atom stereocenters. The molecule has 1 aromatic heterocycles. The summed E-state index contributed by atoms with van der Waals surface area (Å²) >= 11 is 0. The molecule has 0 radical (unpaired) electrons. The molecule has 8 nitrogen and oxygen atoms in total. The normalized spacial score (nSPS) is 18.7. The van der Waals surface area contributed by atoms with Crippen molar-refractivity contribution in [3.63, 3.8) is 0 Å². The van der Waals surface area contributed by atoms with Crippen molar-refractivity contribution in [1.82, 2.24) is 14.0 Å². The van der Waals surface area contributed by atoms with Crippen LogP contribution in [0, 0.1) is 0 Å². The third-order valence-corrected chi connectivity index (χ3v) is 5.92.